The second-order valence-electron chi connectivity index (χ2n) is 3.88. The fourth-order valence-electron chi connectivity index (χ4n) is 0.823. The Kier molecular flexibility index (Phi) is 4.95. The first-order valence-corrected chi connectivity index (χ1v) is 4.60. The number of nitrogens with two attached hydrogens (primary N) is 1. The summed E-state index contributed by atoms with van der Waals surface area (Å²) in [4.78, 5) is 16.2. The van der Waals surface area contributed by atoms with Gasteiger partial charge in [0.1, 0.15) is 0 Å². The lowest BCUT2D eigenvalue weighted by Crippen LogP contribution is -2.45. The zero-order chi connectivity index (χ0) is 10.5. The molecule has 0 saturated carbocycles. The lowest BCUT2D eigenvalue weighted by molar-refractivity contribution is -0.213. The van der Waals surface area contributed by atoms with Crippen LogP contribution in [-0.4, -0.2) is 29.7 Å². The van der Waals surface area contributed by atoms with Gasteiger partial charge in [0.15, 0.2) is 0 Å². The number of nitrogens with zero attached hydrogens (tertiary/aromatic N) is 1. The third kappa shape index (κ3) is 4.85. The van der Waals surface area contributed by atoms with E-state index in [1.165, 1.54) is 0 Å². The van der Waals surface area contributed by atoms with E-state index in [-0.39, 0.29) is 11.5 Å². The monoisotopic (exact) mass is 188 g/mol. The van der Waals surface area contributed by atoms with Crippen LogP contribution in [0.3, 0.4) is 0 Å². The molecule has 0 radical (unpaired) electrons. The van der Waals surface area contributed by atoms with Gasteiger partial charge >= 0.3 is 5.97 Å². The van der Waals surface area contributed by atoms with Crippen molar-refractivity contribution in [2.45, 2.75) is 39.7 Å². The van der Waals surface area contributed by atoms with Crippen molar-refractivity contribution in [1.82, 2.24) is 5.06 Å². The van der Waals surface area contributed by atoms with Crippen molar-refractivity contribution >= 4 is 5.97 Å². The molecule has 0 aromatic carbocycles. The molecule has 0 amide bonds. The molecule has 0 aliphatic rings. The van der Waals surface area contributed by atoms with Gasteiger partial charge in [-0.2, -0.15) is 0 Å². The van der Waals surface area contributed by atoms with Crippen LogP contribution in [0.1, 0.15) is 34.1 Å². The van der Waals surface area contributed by atoms with Gasteiger partial charge < -0.3 is 10.6 Å². The van der Waals surface area contributed by atoms with Crippen molar-refractivity contribution < 1.29 is 9.63 Å². The number of carbonyl (C=O) groups is 1. The minimum atomic E-state index is -0.219. The minimum Gasteiger partial charge on any atom is -0.367 e. The maximum Gasteiger partial charge on any atom is 0.324 e. The summed E-state index contributed by atoms with van der Waals surface area (Å²) in [6, 6.07) is 0. The van der Waals surface area contributed by atoms with Crippen molar-refractivity contribution in [1.29, 1.82) is 0 Å². The topological polar surface area (TPSA) is 55.6 Å². The van der Waals surface area contributed by atoms with E-state index in [0.29, 0.717) is 19.5 Å². The molecule has 13 heavy (non-hydrogen) atoms. The molecular formula is C9H20N2O2. The van der Waals surface area contributed by atoms with Crippen molar-refractivity contribution in [3.8, 4) is 0 Å². The van der Waals surface area contributed by atoms with Crippen molar-refractivity contribution in [3.05, 3.63) is 0 Å². The van der Waals surface area contributed by atoms with Gasteiger partial charge in [0, 0.05) is 25.0 Å². The van der Waals surface area contributed by atoms with Crippen LogP contribution in [0.15, 0.2) is 0 Å². The normalized spacial score (nSPS) is 11.8. The minimum absolute atomic E-state index is 0.190. The van der Waals surface area contributed by atoms with Gasteiger partial charge in [0.05, 0.1) is 0 Å². The maximum absolute atomic E-state index is 11.0. The van der Waals surface area contributed by atoms with E-state index >= 15 is 0 Å². The van der Waals surface area contributed by atoms with Gasteiger partial charge in [-0.15, -0.1) is 5.06 Å². The second-order valence-corrected chi connectivity index (χ2v) is 3.88. The zero-order valence-electron chi connectivity index (χ0n) is 8.96. The number of rotatable bonds is 4. The van der Waals surface area contributed by atoms with Gasteiger partial charge in [-0.1, -0.05) is 6.92 Å². The molecule has 2 N–H and O–H groups in total. The average Bonchev–Trinajstić information content (AvgIpc) is 2.01. The van der Waals surface area contributed by atoms with E-state index in [0.717, 1.165) is 0 Å². The molecule has 0 saturated heterocycles. The van der Waals surface area contributed by atoms with Crippen LogP contribution in [0, 0.1) is 0 Å². The lowest BCUT2D eigenvalue weighted by Gasteiger charge is -2.32. The summed E-state index contributed by atoms with van der Waals surface area (Å²) in [5.74, 6) is -0.219. The fraction of sp³-hybridized carbons (Fsp3) is 0.889. The Morgan fingerprint density at radius 1 is 1.46 bits per heavy atom. The van der Waals surface area contributed by atoms with Gasteiger partial charge in [-0.25, -0.2) is 0 Å². The highest BCUT2D eigenvalue weighted by molar-refractivity contribution is 5.68. The van der Waals surface area contributed by atoms with Gasteiger partial charge in [-0.05, 0) is 20.8 Å². The van der Waals surface area contributed by atoms with E-state index in [9.17, 15) is 4.79 Å². The molecule has 4 nitrogen and oxygen atoms in total. The van der Waals surface area contributed by atoms with Crippen molar-refractivity contribution in [2.24, 2.45) is 5.73 Å². The number of hydrogen-bond donors (Lipinski definition) is 1. The van der Waals surface area contributed by atoms with Crippen LogP contribution in [-0.2, 0) is 9.63 Å². The van der Waals surface area contributed by atoms with Crippen molar-refractivity contribution in [2.75, 3.05) is 13.1 Å². The first kappa shape index (κ1) is 12.4. The molecule has 0 unspecified atom stereocenters. The molecule has 78 valence electrons. The third-order valence-electron chi connectivity index (χ3n) is 1.58. The second kappa shape index (κ2) is 5.19. The van der Waals surface area contributed by atoms with Gasteiger partial charge in [0.25, 0.3) is 0 Å². The zero-order valence-corrected chi connectivity index (χ0v) is 8.96. The number of hydroxylamine groups is 2. The van der Waals surface area contributed by atoms with Crippen molar-refractivity contribution in [3.63, 3.8) is 0 Å². The molecular weight excluding hydrogens is 168 g/mol. The first-order chi connectivity index (χ1) is 5.91. The molecule has 0 aromatic heterocycles. The van der Waals surface area contributed by atoms with Gasteiger partial charge in [-0.3, -0.25) is 4.79 Å². The predicted octanol–water partition coefficient (Wildman–Crippen LogP) is 0.914. The van der Waals surface area contributed by atoms with Crippen LogP contribution in [0.2, 0.25) is 0 Å². The Balaban J connectivity index is 4.18. The molecule has 0 atom stereocenters. The Labute approximate surface area is 80.0 Å². The summed E-state index contributed by atoms with van der Waals surface area (Å²) >= 11 is 0. The van der Waals surface area contributed by atoms with Crippen LogP contribution in [0.5, 0.6) is 0 Å². The summed E-state index contributed by atoms with van der Waals surface area (Å²) in [7, 11) is 0. The van der Waals surface area contributed by atoms with Crippen LogP contribution >= 0.6 is 0 Å². The molecule has 4 heteroatoms. The third-order valence-corrected chi connectivity index (χ3v) is 1.58. The molecule has 0 heterocycles. The summed E-state index contributed by atoms with van der Waals surface area (Å²) in [5.41, 5.74) is 5.22. The first-order valence-electron chi connectivity index (χ1n) is 4.60. The Hall–Kier alpha value is -0.610. The van der Waals surface area contributed by atoms with E-state index in [2.05, 4.69) is 0 Å². The highest BCUT2D eigenvalue weighted by Crippen LogP contribution is 2.13. The van der Waals surface area contributed by atoms with E-state index in [4.69, 9.17) is 10.6 Å². The van der Waals surface area contributed by atoms with Crippen LogP contribution in [0.25, 0.3) is 0 Å². The number of carbonyl (C=O) groups excluding carboxylic acids is 1. The maximum atomic E-state index is 11.0. The summed E-state index contributed by atoms with van der Waals surface area (Å²) < 4.78 is 0. The summed E-state index contributed by atoms with van der Waals surface area (Å²) in [6.45, 7) is 8.75. The van der Waals surface area contributed by atoms with E-state index in [1.54, 1.807) is 12.0 Å². The van der Waals surface area contributed by atoms with E-state index in [1.807, 2.05) is 20.8 Å². The molecule has 0 aliphatic carbocycles. The summed E-state index contributed by atoms with van der Waals surface area (Å²) in [6.07, 6.45) is 0.386. The smallest absolute Gasteiger partial charge is 0.324 e. The Bertz CT molecular complexity index is 163. The number of hydrogen-bond acceptors (Lipinski definition) is 4. The summed E-state index contributed by atoms with van der Waals surface area (Å²) in [5, 5.41) is 1.62. The Morgan fingerprint density at radius 2 is 2.00 bits per heavy atom. The highest BCUT2D eigenvalue weighted by atomic mass is 16.7. The van der Waals surface area contributed by atoms with Crippen LogP contribution in [0.4, 0.5) is 0 Å². The molecule has 0 spiro atoms. The highest BCUT2D eigenvalue weighted by Gasteiger charge is 2.23. The molecule has 0 aliphatic heterocycles. The quantitative estimate of drug-likeness (QED) is 0.666. The predicted molar refractivity (Wildman–Crippen MR) is 51.9 cm³/mol. The van der Waals surface area contributed by atoms with E-state index < -0.39 is 0 Å². The molecule has 0 fully saturated rings. The molecule has 0 bridgehead atoms. The molecule has 0 rings (SSSR count). The van der Waals surface area contributed by atoms with Gasteiger partial charge in [0.2, 0.25) is 0 Å². The SMILES string of the molecule is CCC(=O)ON(CCN)C(C)(C)C. The molecule has 0 aromatic rings. The Morgan fingerprint density at radius 3 is 2.31 bits per heavy atom. The van der Waals surface area contributed by atoms with Crippen LogP contribution < -0.4 is 5.73 Å². The standard InChI is InChI=1S/C9H20N2O2/c1-5-8(12)13-11(7-6-10)9(2,3)4/h5-7,10H2,1-4H3. The fourth-order valence-corrected chi connectivity index (χ4v) is 0.823. The lowest BCUT2D eigenvalue weighted by atomic mass is 10.1. The average molecular weight is 188 g/mol. The largest absolute Gasteiger partial charge is 0.367 e.